The molecule has 3 nitrogen and oxygen atoms in total. The minimum atomic E-state index is 0.0103. The summed E-state index contributed by atoms with van der Waals surface area (Å²) in [6, 6.07) is 10.2. The zero-order valence-corrected chi connectivity index (χ0v) is 8.09. The molecule has 2 atom stereocenters. The summed E-state index contributed by atoms with van der Waals surface area (Å²) >= 11 is 0. The monoisotopic (exact) mass is 191 g/mol. The Kier molecular flexibility index (Phi) is 2.79. The molecule has 0 bridgehead atoms. The van der Waals surface area contributed by atoms with Crippen LogP contribution in [-0.4, -0.2) is 26.2 Å². The molecule has 0 N–H and O–H groups in total. The molecule has 0 fully saturated rings. The van der Waals surface area contributed by atoms with Gasteiger partial charge in [-0.3, -0.25) is 0 Å². The lowest BCUT2D eigenvalue weighted by molar-refractivity contribution is 0.122. The summed E-state index contributed by atoms with van der Waals surface area (Å²) < 4.78 is 10.5. The summed E-state index contributed by atoms with van der Waals surface area (Å²) in [4.78, 5) is 4.21. The van der Waals surface area contributed by atoms with Crippen LogP contribution in [0.1, 0.15) is 11.7 Å². The minimum absolute atomic E-state index is 0.0103. The largest absolute Gasteiger partial charge is 0.473 e. The first kappa shape index (κ1) is 9.21. The number of aliphatic imine (C=N–C) groups is 1. The van der Waals surface area contributed by atoms with Crippen LogP contribution in [0.2, 0.25) is 0 Å². The Bertz CT molecular complexity index is 310. The van der Waals surface area contributed by atoms with E-state index in [0.717, 1.165) is 5.56 Å². The molecule has 0 saturated heterocycles. The molecule has 1 aromatic carbocycles. The van der Waals surface area contributed by atoms with Gasteiger partial charge in [-0.2, -0.15) is 0 Å². The topological polar surface area (TPSA) is 30.8 Å². The number of hydrogen-bond donors (Lipinski definition) is 0. The average Bonchev–Trinajstić information content (AvgIpc) is 2.68. The predicted octanol–water partition coefficient (Wildman–Crippen LogP) is 1.80. The highest BCUT2D eigenvalue weighted by Gasteiger charge is 2.27. The molecular formula is C11H13NO2. The van der Waals surface area contributed by atoms with E-state index in [1.54, 1.807) is 7.11 Å². The highest BCUT2D eigenvalue weighted by Crippen LogP contribution is 2.26. The van der Waals surface area contributed by atoms with Crippen molar-refractivity contribution in [1.29, 1.82) is 0 Å². The van der Waals surface area contributed by atoms with Gasteiger partial charge in [0.25, 0.3) is 0 Å². The van der Waals surface area contributed by atoms with Gasteiger partial charge in [0.2, 0.25) is 0 Å². The van der Waals surface area contributed by atoms with Gasteiger partial charge >= 0.3 is 0 Å². The summed E-state index contributed by atoms with van der Waals surface area (Å²) in [6.07, 6.45) is 1.53. The molecular weight excluding hydrogens is 178 g/mol. The van der Waals surface area contributed by atoms with Crippen molar-refractivity contribution in [2.24, 2.45) is 4.99 Å². The molecule has 14 heavy (non-hydrogen) atoms. The molecule has 0 unspecified atom stereocenters. The molecule has 0 radical (unpaired) electrons. The standard InChI is InChI=1S/C11H13NO2/c1-13-7-10-11(14-8-12-10)9-5-3-2-4-6-9/h2-6,8,10-11H,7H2,1H3/t10-,11-/m0/s1. The quantitative estimate of drug-likeness (QED) is 0.729. The molecule has 1 aromatic rings. The van der Waals surface area contributed by atoms with Gasteiger partial charge in [-0.25, -0.2) is 4.99 Å². The molecule has 0 aromatic heterocycles. The van der Waals surface area contributed by atoms with Crippen LogP contribution in [0.25, 0.3) is 0 Å². The fourth-order valence-electron chi connectivity index (χ4n) is 1.59. The van der Waals surface area contributed by atoms with Gasteiger partial charge in [0.15, 0.2) is 6.40 Å². The van der Waals surface area contributed by atoms with E-state index in [9.17, 15) is 0 Å². The third-order valence-electron chi connectivity index (χ3n) is 2.27. The molecule has 1 aliphatic heterocycles. The molecule has 1 heterocycles. The van der Waals surface area contributed by atoms with Gasteiger partial charge in [-0.15, -0.1) is 0 Å². The van der Waals surface area contributed by atoms with Gasteiger partial charge < -0.3 is 9.47 Å². The van der Waals surface area contributed by atoms with Crippen LogP contribution in [0, 0.1) is 0 Å². The van der Waals surface area contributed by atoms with Gasteiger partial charge in [0.05, 0.1) is 6.61 Å². The van der Waals surface area contributed by atoms with Crippen LogP contribution in [0.4, 0.5) is 0 Å². The highest BCUT2D eigenvalue weighted by atomic mass is 16.5. The fourth-order valence-corrected chi connectivity index (χ4v) is 1.59. The van der Waals surface area contributed by atoms with E-state index in [1.165, 1.54) is 6.40 Å². The molecule has 2 rings (SSSR count). The average molecular weight is 191 g/mol. The zero-order chi connectivity index (χ0) is 9.80. The first-order valence-corrected chi connectivity index (χ1v) is 4.63. The maximum atomic E-state index is 5.43. The van der Waals surface area contributed by atoms with Crippen LogP contribution in [-0.2, 0) is 9.47 Å². The van der Waals surface area contributed by atoms with Gasteiger partial charge in [-0.05, 0) is 5.56 Å². The molecule has 74 valence electrons. The number of methoxy groups -OCH3 is 1. The van der Waals surface area contributed by atoms with E-state index < -0.39 is 0 Å². The second-order valence-electron chi connectivity index (χ2n) is 3.24. The van der Waals surface area contributed by atoms with Crippen molar-refractivity contribution >= 4 is 6.40 Å². The molecule has 1 aliphatic rings. The Morgan fingerprint density at radius 2 is 2.14 bits per heavy atom. The van der Waals surface area contributed by atoms with Crippen LogP contribution in [0.5, 0.6) is 0 Å². The van der Waals surface area contributed by atoms with Crippen LogP contribution in [0.15, 0.2) is 35.3 Å². The Hall–Kier alpha value is -1.35. The van der Waals surface area contributed by atoms with E-state index in [-0.39, 0.29) is 12.1 Å². The second kappa shape index (κ2) is 4.24. The fraction of sp³-hybridized carbons (Fsp3) is 0.364. The number of rotatable bonds is 3. The van der Waals surface area contributed by atoms with E-state index >= 15 is 0 Å². The molecule has 0 saturated carbocycles. The molecule has 3 heteroatoms. The van der Waals surface area contributed by atoms with E-state index in [0.29, 0.717) is 6.61 Å². The lowest BCUT2D eigenvalue weighted by Crippen LogP contribution is -2.18. The van der Waals surface area contributed by atoms with E-state index in [2.05, 4.69) is 4.99 Å². The lowest BCUT2D eigenvalue weighted by Gasteiger charge is -2.16. The lowest BCUT2D eigenvalue weighted by atomic mass is 10.0. The van der Waals surface area contributed by atoms with E-state index in [4.69, 9.17) is 9.47 Å². The normalized spacial score (nSPS) is 24.9. The number of nitrogens with zero attached hydrogens (tertiary/aromatic N) is 1. The smallest absolute Gasteiger partial charge is 0.170 e. The number of hydrogen-bond acceptors (Lipinski definition) is 3. The highest BCUT2D eigenvalue weighted by molar-refractivity contribution is 5.51. The van der Waals surface area contributed by atoms with Crippen molar-refractivity contribution in [1.82, 2.24) is 0 Å². The van der Waals surface area contributed by atoms with Crippen LogP contribution < -0.4 is 0 Å². The first-order valence-electron chi connectivity index (χ1n) is 4.63. The van der Waals surface area contributed by atoms with Crippen molar-refractivity contribution < 1.29 is 9.47 Å². The van der Waals surface area contributed by atoms with Crippen molar-refractivity contribution in [3.8, 4) is 0 Å². The maximum absolute atomic E-state index is 5.43. The van der Waals surface area contributed by atoms with Crippen molar-refractivity contribution in [2.75, 3.05) is 13.7 Å². The SMILES string of the molecule is COC[C@@H]1N=CO[C@H]1c1ccccc1. The van der Waals surface area contributed by atoms with Crippen molar-refractivity contribution in [3.63, 3.8) is 0 Å². The molecule has 0 spiro atoms. The summed E-state index contributed by atoms with van der Waals surface area (Å²) in [7, 11) is 1.68. The summed E-state index contributed by atoms with van der Waals surface area (Å²) in [5.41, 5.74) is 1.15. The summed E-state index contributed by atoms with van der Waals surface area (Å²) in [6.45, 7) is 0.593. The Morgan fingerprint density at radius 3 is 2.86 bits per heavy atom. The van der Waals surface area contributed by atoms with Gasteiger partial charge in [0, 0.05) is 7.11 Å². The van der Waals surface area contributed by atoms with Gasteiger partial charge in [-0.1, -0.05) is 30.3 Å². The molecule has 0 amide bonds. The Morgan fingerprint density at radius 1 is 1.36 bits per heavy atom. The van der Waals surface area contributed by atoms with Crippen LogP contribution >= 0.6 is 0 Å². The Balaban J connectivity index is 2.12. The number of ether oxygens (including phenoxy) is 2. The first-order chi connectivity index (χ1) is 6.92. The van der Waals surface area contributed by atoms with Crippen molar-refractivity contribution in [2.45, 2.75) is 12.1 Å². The van der Waals surface area contributed by atoms with Gasteiger partial charge in [0.1, 0.15) is 12.1 Å². The molecule has 0 aliphatic carbocycles. The maximum Gasteiger partial charge on any atom is 0.170 e. The minimum Gasteiger partial charge on any atom is -0.473 e. The Labute approximate surface area is 83.4 Å². The van der Waals surface area contributed by atoms with Crippen molar-refractivity contribution in [3.05, 3.63) is 35.9 Å². The second-order valence-corrected chi connectivity index (χ2v) is 3.24. The summed E-state index contributed by atoms with van der Waals surface area (Å²) in [5, 5.41) is 0. The zero-order valence-electron chi connectivity index (χ0n) is 8.09. The third-order valence-corrected chi connectivity index (χ3v) is 2.27. The summed E-state index contributed by atoms with van der Waals surface area (Å²) in [5.74, 6) is 0. The predicted molar refractivity (Wildman–Crippen MR) is 54.4 cm³/mol. The number of benzene rings is 1. The van der Waals surface area contributed by atoms with E-state index in [1.807, 2.05) is 30.3 Å². The van der Waals surface area contributed by atoms with Crippen LogP contribution in [0.3, 0.4) is 0 Å². The third kappa shape index (κ3) is 1.77.